The van der Waals surface area contributed by atoms with Crippen molar-refractivity contribution >= 4 is 17.4 Å². The molecule has 0 spiro atoms. The molecule has 0 radical (unpaired) electrons. The van der Waals surface area contributed by atoms with Gasteiger partial charge in [-0.1, -0.05) is 30.3 Å². The predicted octanol–water partition coefficient (Wildman–Crippen LogP) is 2.21. The summed E-state index contributed by atoms with van der Waals surface area (Å²) in [7, 11) is 0. The van der Waals surface area contributed by atoms with Gasteiger partial charge in [0.05, 0.1) is 11.3 Å². The summed E-state index contributed by atoms with van der Waals surface area (Å²) >= 11 is 0. The molecule has 1 aliphatic rings. The molecule has 0 saturated carbocycles. The van der Waals surface area contributed by atoms with Crippen LogP contribution in [0.15, 0.2) is 54.6 Å². The molecule has 1 aliphatic heterocycles. The van der Waals surface area contributed by atoms with Gasteiger partial charge >= 0.3 is 5.91 Å². The number of carbonyl (C=O) groups excluding carboxylic acids is 2. The molecule has 0 aliphatic carbocycles. The van der Waals surface area contributed by atoms with Gasteiger partial charge in [0.15, 0.2) is 5.75 Å². The van der Waals surface area contributed by atoms with Crippen LogP contribution in [0.1, 0.15) is 10.4 Å². The van der Waals surface area contributed by atoms with Gasteiger partial charge in [0.2, 0.25) is 0 Å². The van der Waals surface area contributed by atoms with E-state index in [1.807, 2.05) is 6.07 Å². The highest BCUT2D eigenvalue weighted by atomic mass is 16.7. The number of para-hydroxylation sites is 2. The largest absolute Gasteiger partial charge is 0.372 e. The molecular formula is C14H9NO3. The first-order chi connectivity index (χ1) is 8.77. The lowest BCUT2D eigenvalue weighted by molar-refractivity contribution is -0.118. The molecule has 0 bridgehead atoms. The number of hydrogen-bond donors (Lipinski definition) is 0. The molecule has 88 valence electrons. The Morgan fingerprint density at radius 1 is 0.833 bits per heavy atom. The van der Waals surface area contributed by atoms with E-state index in [0.29, 0.717) is 17.0 Å². The zero-order chi connectivity index (χ0) is 12.5. The number of fused-ring (bicyclic) bond motifs is 1. The van der Waals surface area contributed by atoms with Gasteiger partial charge in [0, 0.05) is 0 Å². The van der Waals surface area contributed by atoms with Crippen molar-refractivity contribution in [1.82, 2.24) is 0 Å². The van der Waals surface area contributed by atoms with Crippen molar-refractivity contribution in [3.8, 4) is 5.75 Å². The smallest absolute Gasteiger partial charge is 0.332 e. The van der Waals surface area contributed by atoms with Gasteiger partial charge in [-0.15, -0.1) is 5.06 Å². The van der Waals surface area contributed by atoms with Gasteiger partial charge in [0.25, 0.3) is 5.78 Å². The van der Waals surface area contributed by atoms with E-state index < -0.39 is 11.7 Å². The number of nitrogens with zero attached hydrogens (tertiary/aromatic N) is 1. The zero-order valence-electron chi connectivity index (χ0n) is 9.37. The number of rotatable bonds is 2. The van der Waals surface area contributed by atoms with E-state index in [0.717, 1.165) is 5.06 Å². The van der Waals surface area contributed by atoms with Crippen molar-refractivity contribution in [3.63, 3.8) is 0 Å². The van der Waals surface area contributed by atoms with Crippen molar-refractivity contribution in [2.45, 2.75) is 0 Å². The van der Waals surface area contributed by atoms with Crippen LogP contribution in [0.5, 0.6) is 5.75 Å². The van der Waals surface area contributed by atoms with Crippen LogP contribution in [-0.2, 0) is 4.79 Å². The van der Waals surface area contributed by atoms with E-state index >= 15 is 0 Å². The van der Waals surface area contributed by atoms with Crippen LogP contribution in [0.4, 0.5) is 5.69 Å². The molecule has 0 atom stereocenters. The number of hydrogen-bond acceptors (Lipinski definition) is 3. The molecule has 0 saturated heterocycles. The zero-order valence-corrected chi connectivity index (χ0v) is 9.37. The highest BCUT2D eigenvalue weighted by molar-refractivity contribution is 6.51. The Labute approximate surface area is 103 Å². The van der Waals surface area contributed by atoms with Gasteiger partial charge in [-0.05, 0) is 24.3 Å². The fourth-order valence-electron chi connectivity index (χ4n) is 1.84. The molecular weight excluding hydrogens is 230 g/mol. The van der Waals surface area contributed by atoms with Crippen LogP contribution in [0, 0.1) is 0 Å². The Morgan fingerprint density at radius 3 is 2.28 bits per heavy atom. The number of hydroxylamine groups is 1. The SMILES string of the molecule is O=C1C(=O)N(Oc2ccccc2)c2ccccc21. The molecule has 0 unspecified atom stereocenters. The fourth-order valence-corrected chi connectivity index (χ4v) is 1.84. The number of anilines is 1. The summed E-state index contributed by atoms with van der Waals surface area (Å²) < 4.78 is 0. The average Bonchev–Trinajstić information content (AvgIpc) is 2.66. The molecule has 4 heteroatoms. The quantitative estimate of drug-likeness (QED) is 0.755. The molecule has 0 N–H and O–H groups in total. The van der Waals surface area contributed by atoms with Gasteiger partial charge in [0.1, 0.15) is 0 Å². The molecule has 0 fully saturated rings. The van der Waals surface area contributed by atoms with Crippen molar-refractivity contribution in [3.05, 3.63) is 60.2 Å². The first-order valence-electron chi connectivity index (χ1n) is 5.48. The maximum Gasteiger partial charge on any atom is 0.332 e. The van der Waals surface area contributed by atoms with Crippen molar-refractivity contribution < 1.29 is 14.4 Å². The maximum atomic E-state index is 11.8. The number of ketones is 1. The van der Waals surface area contributed by atoms with E-state index in [9.17, 15) is 9.59 Å². The van der Waals surface area contributed by atoms with Gasteiger partial charge in [-0.2, -0.15) is 0 Å². The summed E-state index contributed by atoms with van der Waals surface area (Å²) in [6, 6.07) is 15.6. The minimum atomic E-state index is -0.667. The van der Waals surface area contributed by atoms with Crippen LogP contribution in [0.3, 0.4) is 0 Å². The van der Waals surface area contributed by atoms with Crippen LogP contribution >= 0.6 is 0 Å². The first-order valence-corrected chi connectivity index (χ1v) is 5.48. The summed E-state index contributed by atoms with van der Waals surface area (Å²) in [6.07, 6.45) is 0. The van der Waals surface area contributed by atoms with Crippen molar-refractivity contribution in [2.75, 3.05) is 5.06 Å². The van der Waals surface area contributed by atoms with Crippen LogP contribution in [-0.4, -0.2) is 11.7 Å². The molecule has 3 rings (SSSR count). The predicted molar refractivity (Wildman–Crippen MR) is 65.3 cm³/mol. The normalized spacial score (nSPS) is 13.7. The van der Waals surface area contributed by atoms with Gasteiger partial charge in [-0.25, -0.2) is 0 Å². The number of carbonyl (C=O) groups is 2. The van der Waals surface area contributed by atoms with E-state index in [-0.39, 0.29) is 0 Å². The minimum absolute atomic E-state index is 0.374. The van der Waals surface area contributed by atoms with Gasteiger partial charge < -0.3 is 4.84 Å². The molecule has 1 heterocycles. The third kappa shape index (κ3) is 1.55. The van der Waals surface area contributed by atoms with Crippen LogP contribution < -0.4 is 9.90 Å². The lowest BCUT2D eigenvalue weighted by Crippen LogP contribution is -2.32. The Hall–Kier alpha value is -2.62. The second-order valence-corrected chi connectivity index (χ2v) is 3.85. The highest BCUT2D eigenvalue weighted by Crippen LogP contribution is 2.29. The summed E-state index contributed by atoms with van der Waals surface area (Å²) in [6.45, 7) is 0. The number of Topliss-reactive ketones (excluding diaryl/α,β-unsaturated/α-hetero) is 1. The highest BCUT2D eigenvalue weighted by Gasteiger charge is 2.37. The topological polar surface area (TPSA) is 46.6 Å². The Kier molecular flexibility index (Phi) is 2.34. The van der Waals surface area contributed by atoms with E-state index in [2.05, 4.69) is 0 Å². The summed E-state index contributed by atoms with van der Waals surface area (Å²) in [5.41, 5.74) is 0.856. The summed E-state index contributed by atoms with van der Waals surface area (Å²) in [4.78, 5) is 29.0. The van der Waals surface area contributed by atoms with Crippen molar-refractivity contribution in [1.29, 1.82) is 0 Å². The standard InChI is InChI=1S/C14H9NO3/c16-13-11-8-4-5-9-12(11)15(14(13)17)18-10-6-2-1-3-7-10/h1-9H. The van der Waals surface area contributed by atoms with Crippen molar-refractivity contribution in [2.24, 2.45) is 0 Å². The second-order valence-electron chi connectivity index (χ2n) is 3.85. The molecule has 2 aromatic rings. The van der Waals surface area contributed by atoms with Crippen LogP contribution in [0.25, 0.3) is 0 Å². The average molecular weight is 239 g/mol. The number of amides is 1. The van der Waals surface area contributed by atoms with E-state index in [1.54, 1.807) is 48.5 Å². The molecule has 18 heavy (non-hydrogen) atoms. The fraction of sp³-hybridized carbons (Fsp3) is 0. The Balaban J connectivity index is 1.99. The van der Waals surface area contributed by atoms with Gasteiger partial charge in [-0.3, -0.25) is 9.59 Å². The monoisotopic (exact) mass is 239 g/mol. The molecule has 4 nitrogen and oxygen atoms in total. The van der Waals surface area contributed by atoms with E-state index in [4.69, 9.17) is 4.84 Å². The third-order valence-electron chi connectivity index (χ3n) is 2.69. The summed E-state index contributed by atoms with van der Waals surface area (Å²) in [5.74, 6) is -0.697. The molecule has 0 aromatic heterocycles. The van der Waals surface area contributed by atoms with E-state index in [1.165, 1.54) is 0 Å². The second kappa shape index (κ2) is 4.00. The first kappa shape index (κ1) is 10.5. The molecule has 2 aromatic carbocycles. The maximum absolute atomic E-state index is 11.8. The van der Waals surface area contributed by atoms with Crippen LogP contribution in [0.2, 0.25) is 0 Å². The minimum Gasteiger partial charge on any atom is -0.372 e. The summed E-state index contributed by atoms with van der Waals surface area (Å²) in [5, 5.41) is 1.03. The lowest BCUT2D eigenvalue weighted by atomic mass is 10.1. The number of benzene rings is 2. The Morgan fingerprint density at radius 2 is 1.50 bits per heavy atom. The third-order valence-corrected chi connectivity index (χ3v) is 2.69. The Bertz CT molecular complexity index is 622. The molecule has 1 amide bonds. The lowest BCUT2D eigenvalue weighted by Gasteiger charge is -2.16.